The maximum absolute atomic E-state index is 5.80. The summed E-state index contributed by atoms with van der Waals surface area (Å²) in [7, 11) is 1.92. The topological polar surface area (TPSA) is 37.8 Å². The highest BCUT2D eigenvalue weighted by Crippen LogP contribution is 2.27. The van der Waals surface area contributed by atoms with Crippen LogP contribution in [-0.4, -0.2) is 17.0 Å². The molecule has 2 aromatic rings. The van der Waals surface area contributed by atoms with Crippen molar-refractivity contribution in [1.82, 2.24) is 15.3 Å². The van der Waals surface area contributed by atoms with E-state index < -0.39 is 0 Å². The molecular weight excluding hydrogens is 254 g/mol. The van der Waals surface area contributed by atoms with E-state index in [1.807, 2.05) is 25.2 Å². The highest BCUT2D eigenvalue weighted by atomic mass is 35.5. The Morgan fingerprint density at radius 1 is 1.29 bits per heavy atom. The molecule has 3 nitrogen and oxygen atoms in total. The SMILES string of the molecule is CNCc1cccnc1Sc1ccc(Cl)cn1. The first-order valence-electron chi connectivity index (χ1n) is 5.17. The number of hydrogen-bond donors (Lipinski definition) is 1. The van der Waals surface area contributed by atoms with Crippen molar-refractivity contribution in [3.05, 3.63) is 47.2 Å². The second-order valence-corrected chi connectivity index (χ2v) is 4.86. The zero-order chi connectivity index (χ0) is 12.1. The molecule has 0 amide bonds. The largest absolute Gasteiger partial charge is 0.316 e. The number of halogens is 1. The third-order valence-electron chi connectivity index (χ3n) is 2.12. The molecule has 0 spiro atoms. The molecular formula is C12H12ClN3S. The Hall–Kier alpha value is -1.10. The Kier molecular flexibility index (Phi) is 4.36. The van der Waals surface area contributed by atoms with Gasteiger partial charge in [0.2, 0.25) is 0 Å². The van der Waals surface area contributed by atoms with E-state index >= 15 is 0 Å². The molecule has 2 heterocycles. The Bertz CT molecular complexity index is 487. The first-order chi connectivity index (χ1) is 8.29. The van der Waals surface area contributed by atoms with Crippen molar-refractivity contribution in [1.29, 1.82) is 0 Å². The Labute approximate surface area is 110 Å². The number of hydrogen-bond acceptors (Lipinski definition) is 4. The lowest BCUT2D eigenvalue weighted by molar-refractivity contribution is 0.789. The number of nitrogens with zero attached hydrogens (tertiary/aromatic N) is 2. The molecule has 0 aliphatic rings. The lowest BCUT2D eigenvalue weighted by Gasteiger charge is -2.06. The number of nitrogens with one attached hydrogen (secondary N) is 1. The average Bonchev–Trinajstić information content (AvgIpc) is 2.35. The zero-order valence-corrected chi connectivity index (χ0v) is 10.9. The second kappa shape index (κ2) is 6.00. The molecule has 5 heteroatoms. The maximum atomic E-state index is 5.80. The first-order valence-corrected chi connectivity index (χ1v) is 6.37. The summed E-state index contributed by atoms with van der Waals surface area (Å²) in [5, 5.41) is 5.63. The van der Waals surface area contributed by atoms with E-state index in [1.165, 1.54) is 0 Å². The van der Waals surface area contributed by atoms with Crippen LogP contribution in [0.2, 0.25) is 5.02 Å². The van der Waals surface area contributed by atoms with Crippen molar-refractivity contribution < 1.29 is 0 Å². The van der Waals surface area contributed by atoms with Crippen molar-refractivity contribution >= 4 is 23.4 Å². The fourth-order valence-electron chi connectivity index (χ4n) is 1.36. The zero-order valence-electron chi connectivity index (χ0n) is 9.35. The number of aromatic nitrogens is 2. The van der Waals surface area contributed by atoms with Gasteiger partial charge in [-0.25, -0.2) is 9.97 Å². The van der Waals surface area contributed by atoms with Gasteiger partial charge in [0.1, 0.15) is 10.1 Å². The van der Waals surface area contributed by atoms with Crippen LogP contribution in [0.4, 0.5) is 0 Å². The quantitative estimate of drug-likeness (QED) is 0.922. The lowest BCUT2D eigenvalue weighted by atomic mass is 10.3. The summed E-state index contributed by atoms with van der Waals surface area (Å²) in [6.45, 7) is 0.795. The van der Waals surface area contributed by atoms with Crippen LogP contribution in [0.5, 0.6) is 0 Å². The van der Waals surface area contributed by atoms with Gasteiger partial charge >= 0.3 is 0 Å². The average molecular weight is 266 g/mol. The molecule has 0 fully saturated rings. The van der Waals surface area contributed by atoms with Crippen LogP contribution >= 0.6 is 23.4 Å². The lowest BCUT2D eigenvalue weighted by Crippen LogP contribution is -2.06. The van der Waals surface area contributed by atoms with Gasteiger partial charge in [-0.15, -0.1) is 0 Å². The van der Waals surface area contributed by atoms with E-state index in [1.54, 1.807) is 24.2 Å². The summed E-state index contributed by atoms with van der Waals surface area (Å²) in [6.07, 6.45) is 3.43. The van der Waals surface area contributed by atoms with E-state index in [9.17, 15) is 0 Å². The van der Waals surface area contributed by atoms with Crippen LogP contribution in [0.15, 0.2) is 46.7 Å². The van der Waals surface area contributed by atoms with Crippen LogP contribution < -0.4 is 5.32 Å². The van der Waals surface area contributed by atoms with Gasteiger partial charge in [-0.2, -0.15) is 0 Å². The van der Waals surface area contributed by atoms with Gasteiger partial charge in [0.15, 0.2) is 0 Å². The molecule has 88 valence electrons. The first kappa shape index (κ1) is 12.4. The van der Waals surface area contributed by atoms with Crippen LogP contribution in [-0.2, 0) is 6.54 Å². The molecule has 0 atom stereocenters. The van der Waals surface area contributed by atoms with Crippen molar-refractivity contribution in [3.63, 3.8) is 0 Å². The Morgan fingerprint density at radius 3 is 2.88 bits per heavy atom. The Morgan fingerprint density at radius 2 is 2.18 bits per heavy atom. The standard InChI is InChI=1S/C12H12ClN3S/c1-14-7-9-3-2-6-15-12(9)17-11-5-4-10(13)8-16-11/h2-6,8,14H,7H2,1H3. The molecule has 0 saturated carbocycles. The van der Waals surface area contributed by atoms with Crippen LogP contribution in [0.1, 0.15) is 5.56 Å². The summed E-state index contributed by atoms with van der Waals surface area (Å²) in [6, 6.07) is 7.72. The van der Waals surface area contributed by atoms with E-state index in [0.29, 0.717) is 5.02 Å². The third-order valence-corrected chi connectivity index (χ3v) is 3.35. The predicted octanol–water partition coefficient (Wildman–Crippen LogP) is 3.00. The molecule has 0 aromatic carbocycles. The third kappa shape index (κ3) is 3.43. The highest BCUT2D eigenvalue weighted by molar-refractivity contribution is 7.99. The molecule has 0 bridgehead atoms. The minimum absolute atomic E-state index is 0.644. The molecule has 0 aliphatic carbocycles. The minimum Gasteiger partial charge on any atom is -0.316 e. The summed E-state index contributed by atoms with van der Waals surface area (Å²) in [5.74, 6) is 0. The molecule has 0 unspecified atom stereocenters. The summed E-state index contributed by atoms with van der Waals surface area (Å²) < 4.78 is 0. The smallest absolute Gasteiger partial charge is 0.107 e. The Balaban J connectivity index is 2.20. The van der Waals surface area contributed by atoms with E-state index in [4.69, 9.17) is 11.6 Å². The highest BCUT2D eigenvalue weighted by Gasteiger charge is 2.05. The maximum Gasteiger partial charge on any atom is 0.107 e. The van der Waals surface area contributed by atoms with Crippen LogP contribution in [0.3, 0.4) is 0 Å². The van der Waals surface area contributed by atoms with Gasteiger partial charge in [0.25, 0.3) is 0 Å². The molecule has 0 radical (unpaired) electrons. The minimum atomic E-state index is 0.644. The number of rotatable bonds is 4. The van der Waals surface area contributed by atoms with Gasteiger partial charge in [-0.1, -0.05) is 17.7 Å². The normalized spacial score (nSPS) is 10.5. The molecule has 0 saturated heterocycles. The fraction of sp³-hybridized carbons (Fsp3) is 0.167. The van der Waals surface area contributed by atoms with Gasteiger partial charge < -0.3 is 5.32 Å². The monoisotopic (exact) mass is 265 g/mol. The van der Waals surface area contributed by atoms with Crippen molar-refractivity contribution in [2.24, 2.45) is 0 Å². The van der Waals surface area contributed by atoms with Gasteiger partial charge in [0.05, 0.1) is 5.02 Å². The molecule has 2 rings (SSSR count). The van der Waals surface area contributed by atoms with E-state index in [-0.39, 0.29) is 0 Å². The predicted molar refractivity (Wildman–Crippen MR) is 70.4 cm³/mol. The fourth-order valence-corrected chi connectivity index (χ4v) is 2.30. The molecule has 2 aromatic heterocycles. The summed E-state index contributed by atoms with van der Waals surface area (Å²) >= 11 is 7.34. The van der Waals surface area contributed by atoms with Crippen molar-refractivity contribution in [2.75, 3.05) is 7.05 Å². The summed E-state index contributed by atoms with van der Waals surface area (Å²) in [4.78, 5) is 8.61. The summed E-state index contributed by atoms with van der Waals surface area (Å²) in [5.41, 5.74) is 1.16. The van der Waals surface area contributed by atoms with Crippen molar-refractivity contribution in [3.8, 4) is 0 Å². The van der Waals surface area contributed by atoms with Crippen molar-refractivity contribution in [2.45, 2.75) is 16.6 Å². The van der Waals surface area contributed by atoms with Crippen LogP contribution in [0, 0.1) is 0 Å². The molecule has 17 heavy (non-hydrogen) atoms. The van der Waals surface area contributed by atoms with Gasteiger partial charge in [-0.05, 0) is 42.6 Å². The van der Waals surface area contributed by atoms with E-state index in [2.05, 4.69) is 21.4 Å². The van der Waals surface area contributed by atoms with Crippen LogP contribution in [0.25, 0.3) is 0 Å². The molecule has 1 N–H and O–H groups in total. The molecule has 0 aliphatic heterocycles. The van der Waals surface area contributed by atoms with Gasteiger partial charge in [0, 0.05) is 18.9 Å². The second-order valence-electron chi connectivity index (χ2n) is 3.41. The number of pyridine rings is 2. The van der Waals surface area contributed by atoms with E-state index in [0.717, 1.165) is 22.2 Å². The van der Waals surface area contributed by atoms with Gasteiger partial charge in [-0.3, -0.25) is 0 Å².